The number of hydrogen-bond donors (Lipinski definition) is 0. The van der Waals surface area contributed by atoms with Crippen molar-refractivity contribution < 1.29 is 13.5 Å². The van der Waals surface area contributed by atoms with Crippen LogP contribution in [0.5, 0.6) is 5.88 Å². The first-order valence-electron chi connectivity index (χ1n) is 6.52. The molecule has 4 nitrogen and oxygen atoms in total. The Kier molecular flexibility index (Phi) is 5.69. The monoisotopic (exact) mass is 389 g/mol. The number of halogens is 3. The molecule has 0 bridgehead atoms. The van der Waals surface area contributed by atoms with Crippen LogP contribution in [-0.4, -0.2) is 33.5 Å². The molecule has 8 heteroatoms. The van der Waals surface area contributed by atoms with Gasteiger partial charge < -0.3 is 4.74 Å². The van der Waals surface area contributed by atoms with Gasteiger partial charge in [-0.1, -0.05) is 6.92 Å². The van der Waals surface area contributed by atoms with E-state index in [1.165, 1.54) is 6.07 Å². The predicted molar refractivity (Wildman–Crippen MR) is 85.5 cm³/mol. The zero-order valence-corrected chi connectivity index (χ0v) is 14.4. The van der Waals surface area contributed by atoms with Gasteiger partial charge in [0.05, 0.1) is 0 Å². The predicted octanol–water partition coefficient (Wildman–Crippen LogP) is 4.45. The summed E-state index contributed by atoms with van der Waals surface area (Å²) in [5.41, 5.74) is 1.27. The molecule has 118 valence electrons. The van der Waals surface area contributed by atoms with Gasteiger partial charge in [-0.2, -0.15) is 0 Å². The first-order chi connectivity index (χ1) is 10.4. The van der Waals surface area contributed by atoms with Crippen LogP contribution in [0.15, 0.2) is 33.8 Å². The Hall–Kier alpha value is -1.28. The molecule has 2 aromatic heterocycles. The summed E-state index contributed by atoms with van der Waals surface area (Å²) in [5, 5.41) is 7.83. The molecular formula is C14H14BrF2N3OS. The lowest BCUT2D eigenvalue weighted by molar-refractivity contribution is -0.0244. The minimum Gasteiger partial charge on any atom is -0.470 e. The van der Waals surface area contributed by atoms with Crippen LogP contribution in [0.4, 0.5) is 8.78 Å². The number of nitrogens with zero attached hydrogens (tertiary/aromatic N) is 3. The van der Waals surface area contributed by atoms with E-state index < -0.39 is 12.5 Å². The molecule has 0 aliphatic carbocycles. The smallest absolute Gasteiger partial charge is 0.278 e. The van der Waals surface area contributed by atoms with Crippen LogP contribution in [0.3, 0.4) is 0 Å². The van der Waals surface area contributed by atoms with Gasteiger partial charge in [-0.15, -0.1) is 22.0 Å². The number of aromatic nitrogens is 3. The van der Waals surface area contributed by atoms with Gasteiger partial charge in [-0.25, -0.2) is 8.78 Å². The van der Waals surface area contributed by atoms with Crippen molar-refractivity contribution in [2.45, 2.75) is 24.7 Å². The molecule has 2 rings (SSSR count). The van der Waals surface area contributed by atoms with Crippen LogP contribution < -0.4 is 4.74 Å². The lowest BCUT2D eigenvalue weighted by atomic mass is 10.2. The minimum absolute atomic E-state index is 0.0621. The second kappa shape index (κ2) is 7.32. The third-order valence-electron chi connectivity index (χ3n) is 2.48. The molecular weight excluding hydrogens is 376 g/mol. The van der Waals surface area contributed by atoms with Gasteiger partial charge in [0, 0.05) is 28.6 Å². The molecule has 0 atom stereocenters. The number of thioether (sulfide) groups is 1. The van der Waals surface area contributed by atoms with Gasteiger partial charge in [0.1, 0.15) is 11.4 Å². The van der Waals surface area contributed by atoms with Crippen LogP contribution in [0.1, 0.15) is 13.8 Å². The van der Waals surface area contributed by atoms with Crippen molar-refractivity contribution in [2.75, 3.05) is 12.4 Å². The Morgan fingerprint density at radius 2 is 2.09 bits per heavy atom. The second-order valence-electron chi connectivity index (χ2n) is 4.55. The second-order valence-corrected chi connectivity index (χ2v) is 6.77. The van der Waals surface area contributed by atoms with E-state index in [1.54, 1.807) is 24.0 Å². The van der Waals surface area contributed by atoms with Gasteiger partial charge in [0.25, 0.3) is 5.92 Å². The van der Waals surface area contributed by atoms with Crippen LogP contribution in [0.2, 0.25) is 0 Å². The largest absolute Gasteiger partial charge is 0.470 e. The maximum atomic E-state index is 12.7. The zero-order chi connectivity index (χ0) is 16.2. The maximum absolute atomic E-state index is 12.7. The lowest BCUT2D eigenvalue weighted by Gasteiger charge is -2.11. The molecule has 0 spiro atoms. The SMILES string of the molecule is CCSc1cc(Br)cnc1-c1ccc(OCC(C)(F)F)nn1. The maximum Gasteiger partial charge on any atom is 0.278 e. The summed E-state index contributed by atoms with van der Waals surface area (Å²) in [6.07, 6.45) is 1.68. The van der Waals surface area contributed by atoms with Crippen molar-refractivity contribution in [3.05, 3.63) is 28.9 Å². The summed E-state index contributed by atoms with van der Waals surface area (Å²) in [5.74, 6) is -1.95. The Labute approximate surface area is 139 Å². The molecule has 0 fully saturated rings. The van der Waals surface area contributed by atoms with Gasteiger partial charge >= 0.3 is 0 Å². The first-order valence-corrected chi connectivity index (χ1v) is 8.30. The van der Waals surface area contributed by atoms with Crippen molar-refractivity contribution in [1.82, 2.24) is 15.2 Å². The highest BCUT2D eigenvalue weighted by Gasteiger charge is 2.22. The van der Waals surface area contributed by atoms with Crippen LogP contribution in [0, 0.1) is 0 Å². The first kappa shape index (κ1) is 17.1. The van der Waals surface area contributed by atoms with Gasteiger partial charge in [-0.3, -0.25) is 4.98 Å². The fourth-order valence-electron chi connectivity index (χ4n) is 1.60. The van der Waals surface area contributed by atoms with E-state index in [-0.39, 0.29) is 5.88 Å². The van der Waals surface area contributed by atoms with E-state index in [2.05, 4.69) is 31.1 Å². The van der Waals surface area contributed by atoms with Crippen LogP contribution >= 0.6 is 27.7 Å². The number of alkyl halides is 2. The third kappa shape index (κ3) is 4.88. The summed E-state index contributed by atoms with van der Waals surface area (Å²) < 4.78 is 31.3. The number of hydrogen-bond acceptors (Lipinski definition) is 5. The van der Waals surface area contributed by atoms with Crippen LogP contribution in [0.25, 0.3) is 11.4 Å². The molecule has 0 aliphatic rings. The van der Waals surface area contributed by atoms with E-state index in [9.17, 15) is 8.78 Å². The van der Waals surface area contributed by atoms with Crippen molar-refractivity contribution in [1.29, 1.82) is 0 Å². The minimum atomic E-state index is -2.90. The van der Waals surface area contributed by atoms with E-state index in [0.717, 1.165) is 22.0 Å². The number of pyridine rings is 1. The summed E-state index contributed by atoms with van der Waals surface area (Å²) >= 11 is 5.02. The van der Waals surface area contributed by atoms with Gasteiger partial charge in [0.15, 0.2) is 6.61 Å². The fraction of sp³-hybridized carbons (Fsp3) is 0.357. The summed E-state index contributed by atoms with van der Waals surface area (Å²) in [6.45, 7) is 2.10. The molecule has 0 N–H and O–H groups in total. The van der Waals surface area contributed by atoms with Gasteiger partial charge in [-0.05, 0) is 33.8 Å². The van der Waals surface area contributed by atoms with Crippen molar-refractivity contribution in [2.24, 2.45) is 0 Å². The van der Waals surface area contributed by atoms with E-state index in [4.69, 9.17) is 4.74 Å². The lowest BCUT2D eigenvalue weighted by Crippen LogP contribution is -2.21. The van der Waals surface area contributed by atoms with Crippen molar-refractivity contribution >= 4 is 27.7 Å². The molecule has 0 saturated carbocycles. The molecule has 0 saturated heterocycles. The molecule has 0 aliphatic heterocycles. The zero-order valence-electron chi connectivity index (χ0n) is 12.0. The Morgan fingerprint density at radius 3 is 2.68 bits per heavy atom. The summed E-state index contributed by atoms with van der Waals surface area (Å²) in [7, 11) is 0. The number of ether oxygens (including phenoxy) is 1. The molecule has 0 amide bonds. The normalized spacial score (nSPS) is 11.5. The standard InChI is InChI=1S/C14H14BrF2N3OS/c1-3-22-11-6-9(15)7-18-13(11)10-4-5-12(20-19-10)21-8-14(2,16)17/h4-7H,3,8H2,1-2H3. The number of rotatable bonds is 6. The topological polar surface area (TPSA) is 47.9 Å². The quantitative estimate of drug-likeness (QED) is 0.683. The average molecular weight is 390 g/mol. The van der Waals surface area contributed by atoms with Crippen molar-refractivity contribution in [3.63, 3.8) is 0 Å². The van der Waals surface area contributed by atoms with E-state index >= 15 is 0 Å². The molecule has 0 radical (unpaired) electrons. The fourth-order valence-corrected chi connectivity index (χ4v) is 2.90. The van der Waals surface area contributed by atoms with Gasteiger partial charge in [0.2, 0.25) is 5.88 Å². The highest BCUT2D eigenvalue weighted by Crippen LogP contribution is 2.30. The third-order valence-corrected chi connectivity index (χ3v) is 3.82. The highest BCUT2D eigenvalue weighted by atomic mass is 79.9. The molecule has 2 aromatic rings. The van der Waals surface area contributed by atoms with Crippen LogP contribution in [-0.2, 0) is 0 Å². The Balaban J connectivity index is 2.20. The molecule has 0 aromatic carbocycles. The molecule has 22 heavy (non-hydrogen) atoms. The Morgan fingerprint density at radius 1 is 1.32 bits per heavy atom. The van der Waals surface area contributed by atoms with E-state index in [1.807, 2.05) is 13.0 Å². The Bertz CT molecular complexity index is 635. The summed E-state index contributed by atoms with van der Waals surface area (Å²) in [6, 6.07) is 5.13. The van der Waals surface area contributed by atoms with Crippen molar-refractivity contribution in [3.8, 4) is 17.3 Å². The molecule has 2 heterocycles. The van der Waals surface area contributed by atoms with E-state index in [0.29, 0.717) is 11.4 Å². The summed E-state index contributed by atoms with van der Waals surface area (Å²) in [4.78, 5) is 5.32. The molecule has 0 unspecified atom stereocenters. The average Bonchev–Trinajstić information content (AvgIpc) is 2.46. The highest BCUT2D eigenvalue weighted by molar-refractivity contribution is 9.10.